The lowest BCUT2D eigenvalue weighted by atomic mass is 9.95. The van der Waals surface area contributed by atoms with Crippen molar-refractivity contribution in [3.63, 3.8) is 0 Å². The highest BCUT2D eigenvalue weighted by Crippen LogP contribution is 2.16. The van der Waals surface area contributed by atoms with E-state index >= 15 is 0 Å². The highest BCUT2D eigenvalue weighted by molar-refractivity contribution is 5.78. The number of carbonyl (C=O) groups excluding carboxylic acids is 1. The molecule has 0 spiro atoms. The molecule has 1 aliphatic heterocycles. The molecule has 0 bridgehead atoms. The van der Waals surface area contributed by atoms with Gasteiger partial charge in [-0.2, -0.15) is 0 Å². The molecule has 1 fully saturated rings. The van der Waals surface area contributed by atoms with Crippen molar-refractivity contribution in [1.82, 2.24) is 4.90 Å². The van der Waals surface area contributed by atoms with Gasteiger partial charge in [0.05, 0.1) is 19.7 Å². The molecule has 2 aromatic carbocycles. The maximum Gasteiger partial charge on any atom is 0.226 e. The summed E-state index contributed by atoms with van der Waals surface area (Å²) in [6.07, 6.45) is 1.95. The Morgan fingerprint density at radius 1 is 1.04 bits per heavy atom. The maximum absolute atomic E-state index is 12.8. The van der Waals surface area contributed by atoms with Crippen LogP contribution in [-0.2, 0) is 17.9 Å². The van der Waals surface area contributed by atoms with Gasteiger partial charge in [0.15, 0.2) is 0 Å². The van der Waals surface area contributed by atoms with Gasteiger partial charge in [0, 0.05) is 37.9 Å². The minimum atomic E-state index is 0.169. The molecule has 3 rings (SSSR count). The number of ether oxygens (including phenoxy) is 1. The zero-order valence-electron chi connectivity index (χ0n) is 16.5. The summed E-state index contributed by atoms with van der Waals surface area (Å²) < 4.78 is 5.51. The molecule has 0 atom stereocenters. The van der Waals surface area contributed by atoms with Crippen LogP contribution in [0.25, 0.3) is 0 Å². The Morgan fingerprint density at radius 3 is 2.33 bits per heavy atom. The fraction of sp³-hybridized carbons (Fsp3) is 0.435. The number of quaternary nitrogens is 1. The van der Waals surface area contributed by atoms with E-state index in [2.05, 4.69) is 24.3 Å². The third kappa shape index (κ3) is 5.57. The van der Waals surface area contributed by atoms with Crippen molar-refractivity contribution >= 4 is 5.91 Å². The fourth-order valence-electron chi connectivity index (χ4n) is 3.86. The smallest absolute Gasteiger partial charge is 0.226 e. The number of nitrogens with zero attached hydrogens (tertiary/aromatic N) is 1. The summed E-state index contributed by atoms with van der Waals surface area (Å²) in [5.74, 6) is 1.39. The molecule has 0 aliphatic carbocycles. The summed E-state index contributed by atoms with van der Waals surface area (Å²) in [4.78, 5) is 16.2. The maximum atomic E-state index is 12.8. The molecule has 0 radical (unpaired) electrons. The monoisotopic (exact) mass is 367 g/mol. The van der Waals surface area contributed by atoms with E-state index in [9.17, 15) is 4.79 Å². The first-order valence-electron chi connectivity index (χ1n) is 10.00. The van der Waals surface area contributed by atoms with Gasteiger partial charge in [-0.25, -0.2) is 0 Å². The molecule has 27 heavy (non-hydrogen) atoms. The van der Waals surface area contributed by atoms with Gasteiger partial charge in [0.2, 0.25) is 5.91 Å². The summed E-state index contributed by atoms with van der Waals surface area (Å²) >= 11 is 0. The van der Waals surface area contributed by atoms with Crippen LogP contribution < -0.4 is 9.64 Å². The number of hydrogen-bond acceptors (Lipinski definition) is 2. The van der Waals surface area contributed by atoms with Gasteiger partial charge >= 0.3 is 0 Å². The van der Waals surface area contributed by atoms with Crippen molar-refractivity contribution in [2.75, 3.05) is 26.7 Å². The van der Waals surface area contributed by atoms with Gasteiger partial charge < -0.3 is 14.5 Å². The van der Waals surface area contributed by atoms with Gasteiger partial charge in [-0.15, -0.1) is 0 Å². The van der Waals surface area contributed by atoms with Crippen LogP contribution in [0, 0.1) is 5.92 Å². The number of piperidine rings is 1. The van der Waals surface area contributed by atoms with Crippen LogP contribution in [0.4, 0.5) is 0 Å². The highest BCUT2D eigenvalue weighted by atomic mass is 16.5. The Bertz CT molecular complexity index is 707. The molecule has 1 saturated heterocycles. The molecule has 1 amide bonds. The molecular weight excluding hydrogens is 336 g/mol. The van der Waals surface area contributed by atoms with E-state index in [4.69, 9.17) is 4.74 Å². The summed E-state index contributed by atoms with van der Waals surface area (Å²) in [7, 11) is 1.93. The second-order valence-corrected chi connectivity index (χ2v) is 7.46. The van der Waals surface area contributed by atoms with E-state index in [1.807, 2.05) is 49.2 Å². The van der Waals surface area contributed by atoms with Crippen LogP contribution in [0.2, 0.25) is 0 Å². The van der Waals surface area contributed by atoms with Crippen LogP contribution in [0.1, 0.15) is 30.9 Å². The molecular formula is C23H31N2O2+. The third-order valence-corrected chi connectivity index (χ3v) is 5.37. The van der Waals surface area contributed by atoms with Gasteiger partial charge in [0.25, 0.3) is 0 Å². The Balaban J connectivity index is 1.45. The lowest BCUT2D eigenvalue weighted by molar-refractivity contribution is -0.919. The van der Waals surface area contributed by atoms with Crippen LogP contribution in [-0.4, -0.2) is 37.6 Å². The molecule has 0 aromatic heterocycles. The Hall–Kier alpha value is -2.33. The SMILES string of the molecule is CCOc1ccc(C[NH+]2CCC(C(=O)N(C)Cc3ccccc3)CC2)cc1. The average Bonchev–Trinajstić information content (AvgIpc) is 2.70. The molecule has 1 heterocycles. The van der Waals surface area contributed by atoms with E-state index in [-0.39, 0.29) is 5.92 Å². The van der Waals surface area contributed by atoms with Crippen LogP contribution in [0.15, 0.2) is 54.6 Å². The first-order chi connectivity index (χ1) is 13.2. The van der Waals surface area contributed by atoms with Crippen LogP contribution in [0.3, 0.4) is 0 Å². The average molecular weight is 368 g/mol. The Labute approximate surface area is 162 Å². The van der Waals surface area contributed by atoms with Crippen molar-refractivity contribution in [2.24, 2.45) is 5.92 Å². The number of likely N-dealkylation sites (tertiary alicyclic amines) is 1. The van der Waals surface area contributed by atoms with Crippen LogP contribution in [0.5, 0.6) is 5.75 Å². The van der Waals surface area contributed by atoms with Gasteiger partial charge in [-0.3, -0.25) is 4.79 Å². The molecule has 144 valence electrons. The standard InChI is InChI=1S/C23H30N2O2/c1-3-27-22-11-9-20(10-12-22)18-25-15-13-21(14-16-25)23(26)24(2)17-19-7-5-4-6-8-19/h4-12,21H,3,13-18H2,1-2H3/p+1. The van der Waals surface area contributed by atoms with E-state index in [1.165, 1.54) is 11.1 Å². The molecule has 2 aromatic rings. The first-order valence-corrected chi connectivity index (χ1v) is 10.00. The first kappa shape index (κ1) is 19.4. The van der Waals surface area contributed by atoms with Gasteiger partial charge in [-0.05, 0) is 36.8 Å². The summed E-state index contributed by atoms with van der Waals surface area (Å²) in [5, 5.41) is 0. The minimum absolute atomic E-state index is 0.169. The minimum Gasteiger partial charge on any atom is -0.494 e. The lowest BCUT2D eigenvalue weighted by Crippen LogP contribution is -3.11. The molecule has 0 saturated carbocycles. The van der Waals surface area contributed by atoms with Crippen molar-refractivity contribution in [3.05, 3.63) is 65.7 Å². The zero-order chi connectivity index (χ0) is 19.1. The number of amides is 1. The Morgan fingerprint density at radius 2 is 1.70 bits per heavy atom. The normalized spacial score (nSPS) is 19.5. The van der Waals surface area contributed by atoms with Crippen molar-refractivity contribution in [3.8, 4) is 5.75 Å². The number of nitrogens with one attached hydrogen (secondary N) is 1. The number of rotatable bonds is 7. The van der Waals surface area contributed by atoms with Crippen molar-refractivity contribution in [1.29, 1.82) is 0 Å². The molecule has 1 aliphatic rings. The summed E-state index contributed by atoms with van der Waals surface area (Å²) in [5.41, 5.74) is 2.52. The second-order valence-electron chi connectivity index (χ2n) is 7.46. The molecule has 1 N–H and O–H groups in total. The second kappa shape index (κ2) is 9.56. The topological polar surface area (TPSA) is 34.0 Å². The summed E-state index contributed by atoms with van der Waals surface area (Å²) in [6.45, 7) is 6.53. The molecule has 4 heteroatoms. The lowest BCUT2D eigenvalue weighted by Gasteiger charge is -2.31. The highest BCUT2D eigenvalue weighted by Gasteiger charge is 2.29. The largest absolute Gasteiger partial charge is 0.494 e. The summed E-state index contributed by atoms with van der Waals surface area (Å²) in [6, 6.07) is 18.6. The predicted octanol–water partition coefficient (Wildman–Crippen LogP) is 2.54. The van der Waals surface area contributed by atoms with E-state index in [0.29, 0.717) is 19.1 Å². The quantitative estimate of drug-likeness (QED) is 0.816. The van der Waals surface area contributed by atoms with Gasteiger partial charge in [-0.1, -0.05) is 30.3 Å². The van der Waals surface area contributed by atoms with Crippen molar-refractivity contribution in [2.45, 2.75) is 32.9 Å². The molecule has 0 unspecified atom stereocenters. The number of carbonyl (C=O) groups is 1. The van der Waals surface area contributed by atoms with E-state index in [1.54, 1.807) is 4.90 Å². The Kier molecular flexibility index (Phi) is 6.88. The fourth-order valence-corrected chi connectivity index (χ4v) is 3.86. The number of hydrogen-bond donors (Lipinski definition) is 1. The third-order valence-electron chi connectivity index (χ3n) is 5.37. The zero-order valence-corrected chi connectivity index (χ0v) is 16.5. The van der Waals surface area contributed by atoms with E-state index in [0.717, 1.165) is 38.2 Å². The van der Waals surface area contributed by atoms with Crippen LogP contribution >= 0.6 is 0 Å². The number of benzene rings is 2. The van der Waals surface area contributed by atoms with E-state index < -0.39 is 0 Å². The molecule has 4 nitrogen and oxygen atoms in total. The van der Waals surface area contributed by atoms with Gasteiger partial charge in [0.1, 0.15) is 12.3 Å². The van der Waals surface area contributed by atoms with Crippen molar-refractivity contribution < 1.29 is 14.4 Å². The predicted molar refractivity (Wildman–Crippen MR) is 108 cm³/mol.